The van der Waals surface area contributed by atoms with Gasteiger partial charge in [0.1, 0.15) is 6.33 Å². The number of tetrazole rings is 1. The zero-order chi connectivity index (χ0) is 16.2. The van der Waals surface area contributed by atoms with E-state index in [9.17, 15) is 4.79 Å². The smallest absolute Gasteiger partial charge is 0.253 e. The Bertz CT molecular complexity index is 792. The van der Waals surface area contributed by atoms with Gasteiger partial charge in [-0.25, -0.2) is 0 Å². The molecule has 0 aliphatic carbocycles. The minimum Gasteiger partial charge on any atom is -0.353 e. The highest BCUT2D eigenvalue weighted by Gasteiger charge is 2.17. The summed E-state index contributed by atoms with van der Waals surface area (Å²) in [6.07, 6.45) is 5.43. The fourth-order valence-corrected chi connectivity index (χ4v) is 2.46. The van der Waals surface area contributed by atoms with Crippen molar-refractivity contribution in [2.24, 2.45) is 0 Å². The van der Waals surface area contributed by atoms with Crippen LogP contribution in [0.2, 0.25) is 0 Å². The molecule has 23 heavy (non-hydrogen) atoms. The fraction of sp³-hybridized carbons (Fsp3) is 0.250. The van der Waals surface area contributed by atoms with Crippen LogP contribution in [0.5, 0.6) is 0 Å². The SMILES string of the molecule is Cc1ccc(C(=O)NCCn2cccc2)c(-n2cnnn2)c1C. The molecule has 0 aliphatic heterocycles. The number of amides is 1. The maximum absolute atomic E-state index is 12.6. The predicted molar refractivity (Wildman–Crippen MR) is 85.4 cm³/mol. The summed E-state index contributed by atoms with van der Waals surface area (Å²) < 4.78 is 3.55. The molecule has 2 heterocycles. The standard InChI is InChI=1S/C16H18N6O/c1-12-5-6-14(15(13(12)2)22-11-18-19-20-22)16(23)17-7-10-21-8-3-4-9-21/h3-6,8-9,11H,7,10H2,1-2H3,(H,17,23). The summed E-state index contributed by atoms with van der Waals surface area (Å²) in [5.74, 6) is -0.134. The van der Waals surface area contributed by atoms with Crippen LogP contribution in [0.25, 0.3) is 5.69 Å². The lowest BCUT2D eigenvalue weighted by molar-refractivity contribution is 0.0952. The Morgan fingerprint density at radius 1 is 1.22 bits per heavy atom. The summed E-state index contributed by atoms with van der Waals surface area (Å²) in [7, 11) is 0. The molecule has 3 rings (SSSR count). The van der Waals surface area contributed by atoms with E-state index < -0.39 is 0 Å². The quantitative estimate of drug-likeness (QED) is 0.775. The first kappa shape index (κ1) is 15.0. The molecular formula is C16H18N6O. The average Bonchev–Trinajstić information content (AvgIpc) is 3.22. The van der Waals surface area contributed by atoms with E-state index in [2.05, 4.69) is 20.8 Å². The Labute approximate surface area is 133 Å². The zero-order valence-corrected chi connectivity index (χ0v) is 13.1. The molecule has 0 saturated carbocycles. The Hall–Kier alpha value is -2.96. The Morgan fingerprint density at radius 3 is 2.70 bits per heavy atom. The van der Waals surface area contributed by atoms with Crippen molar-refractivity contribution < 1.29 is 4.79 Å². The lowest BCUT2D eigenvalue weighted by Gasteiger charge is -2.14. The summed E-state index contributed by atoms with van der Waals surface area (Å²) in [4.78, 5) is 12.6. The van der Waals surface area contributed by atoms with Crippen LogP contribution in [0.4, 0.5) is 0 Å². The lowest BCUT2D eigenvalue weighted by Crippen LogP contribution is -2.28. The van der Waals surface area contributed by atoms with Crippen LogP contribution in [0.15, 0.2) is 43.0 Å². The van der Waals surface area contributed by atoms with Gasteiger partial charge in [0.15, 0.2) is 0 Å². The second-order valence-corrected chi connectivity index (χ2v) is 5.33. The maximum Gasteiger partial charge on any atom is 0.253 e. The first-order valence-corrected chi connectivity index (χ1v) is 7.39. The third-order valence-corrected chi connectivity index (χ3v) is 3.85. The van der Waals surface area contributed by atoms with Crippen molar-refractivity contribution in [3.8, 4) is 5.69 Å². The Morgan fingerprint density at radius 2 is 2.00 bits per heavy atom. The number of carbonyl (C=O) groups is 1. The van der Waals surface area contributed by atoms with Gasteiger partial charge in [0.05, 0.1) is 11.3 Å². The van der Waals surface area contributed by atoms with E-state index in [0.29, 0.717) is 17.8 Å². The number of hydrogen-bond donors (Lipinski definition) is 1. The van der Waals surface area contributed by atoms with E-state index >= 15 is 0 Å². The van der Waals surface area contributed by atoms with E-state index in [0.717, 1.165) is 17.7 Å². The molecule has 0 unspecified atom stereocenters. The summed E-state index contributed by atoms with van der Waals surface area (Å²) in [6, 6.07) is 7.66. The van der Waals surface area contributed by atoms with E-state index in [1.54, 1.807) is 0 Å². The number of nitrogens with zero attached hydrogens (tertiary/aromatic N) is 5. The number of rotatable bonds is 5. The molecular weight excluding hydrogens is 292 g/mol. The molecule has 7 nitrogen and oxygen atoms in total. The first-order chi connectivity index (χ1) is 11.2. The van der Waals surface area contributed by atoms with Crippen molar-refractivity contribution in [1.82, 2.24) is 30.1 Å². The van der Waals surface area contributed by atoms with Crippen molar-refractivity contribution in [3.63, 3.8) is 0 Å². The van der Waals surface area contributed by atoms with Crippen LogP contribution in [-0.2, 0) is 6.54 Å². The van der Waals surface area contributed by atoms with Crippen molar-refractivity contribution in [2.75, 3.05) is 6.54 Å². The molecule has 0 aliphatic rings. The topological polar surface area (TPSA) is 77.6 Å². The van der Waals surface area contributed by atoms with Crippen LogP contribution in [0.3, 0.4) is 0 Å². The minimum atomic E-state index is -0.134. The number of carbonyl (C=O) groups excluding carboxylic acids is 1. The van der Waals surface area contributed by atoms with E-state index in [1.807, 2.05) is 55.1 Å². The molecule has 1 aromatic carbocycles. The van der Waals surface area contributed by atoms with Gasteiger partial charge in [-0.1, -0.05) is 6.07 Å². The van der Waals surface area contributed by atoms with Crippen molar-refractivity contribution in [3.05, 3.63) is 59.7 Å². The molecule has 118 valence electrons. The van der Waals surface area contributed by atoms with Gasteiger partial charge in [0, 0.05) is 25.5 Å². The number of aromatic nitrogens is 5. The normalized spacial score (nSPS) is 10.7. The van der Waals surface area contributed by atoms with E-state index in [1.165, 1.54) is 11.0 Å². The van der Waals surface area contributed by atoms with Gasteiger partial charge in [-0.3, -0.25) is 4.79 Å². The third kappa shape index (κ3) is 3.13. The molecule has 1 amide bonds. The fourth-order valence-electron chi connectivity index (χ4n) is 2.46. The highest BCUT2D eigenvalue weighted by molar-refractivity contribution is 5.98. The van der Waals surface area contributed by atoms with Crippen LogP contribution in [0, 0.1) is 13.8 Å². The Kier molecular flexibility index (Phi) is 4.18. The van der Waals surface area contributed by atoms with Gasteiger partial charge in [-0.05, 0) is 53.6 Å². The number of aryl methyl sites for hydroxylation is 1. The number of benzene rings is 1. The van der Waals surface area contributed by atoms with Gasteiger partial charge in [-0.2, -0.15) is 4.68 Å². The summed E-state index contributed by atoms with van der Waals surface area (Å²) in [5, 5.41) is 14.2. The molecule has 0 bridgehead atoms. The predicted octanol–water partition coefficient (Wildman–Crippen LogP) is 1.51. The lowest BCUT2D eigenvalue weighted by atomic mass is 10.0. The van der Waals surface area contributed by atoms with Gasteiger partial charge in [0.2, 0.25) is 0 Å². The molecule has 0 atom stereocenters. The van der Waals surface area contributed by atoms with Gasteiger partial charge in [-0.15, -0.1) is 5.10 Å². The highest BCUT2D eigenvalue weighted by atomic mass is 16.1. The first-order valence-electron chi connectivity index (χ1n) is 7.39. The molecule has 0 spiro atoms. The molecule has 2 aromatic heterocycles. The molecule has 0 radical (unpaired) electrons. The third-order valence-electron chi connectivity index (χ3n) is 3.85. The molecule has 1 N–H and O–H groups in total. The monoisotopic (exact) mass is 310 g/mol. The summed E-state index contributed by atoms with van der Waals surface area (Å²) in [6.45, 7) is 5.24. The highest BCUT2D eigenvalue weighted by Crippen LogP contribution is 2.21. The maximum atomic E-state index is 12.6. The van der Waals surface area contributed by atoms with Gasteiger partial charge < -0.3 is 9.88 Å². The second kappa shape index (κ2) is 6.43. The molecule has 0 fully saturated rings. The molecule has 3 aromatic rings. The van der Waals surface area contributed by atoms with Crippen molar-refractivity contribution in [2.45, 2.75) is 20.4 Å². The summed E-state index contributed by atoms with van der Waals surface area (Å²) in [5.41, 5.74) is 3.34. The number of hydrogen-bond acceptors (Lipinski definition) is 4. The minimum absolute atomic E-state index is 0.134. The van der Waals surface area contributed by atoms with E-state index in [-0.39, 0.29) is 5.91 Å². The largest absolute Gasteiger partial charge is 0.353 e. The van der Waals surface area contributed by atoms with Gasteiger partial charge >= 0.3 is 0 Å². The molecule has 7 heteroatoms. The number of nitrogens with one attached hydrogen (secondary N) is 1. The second-order valence-electron chi connectivity index (χ2n) is 5.33. The zero-order valence-electron chi connectivity index (χ0n) is 13.1. The van der Waals surface area contributed by atoms with Gasteiger partial charge in [0.25, 0.3) is 5.91 Å². The van der Waals surface area contributed by atoms with Crippen LogP contribution < -0.4 is 5.32 Å². The van der Waals surface area contributed by atoms with Crippen LogP contribution >= 0.6 is 0 Å². The van der Waals surface area contributed by atoms with Crippen LogP contribution in [-0.4, -0.2) is 37.2 Å². The van der Waals surface area contributed by atoms with Crippen molar-refractivity contribution >= 4 is 5.91 Å². The van der Waals surface area contributed by atoms with E-state index in [4.69, 9.17) is 0 Å². The average molecular weight is 310 g/mol. The van der Waals surface area contributed by atoms with Crippen molar-refractivity contribution in [1.29, 1.82) is 0 Å². The van der Waals surface area contributed by atoms with Crippen LogP contribution in [0.1, 0.15) is 21.5 Å². The summed E-state index contributed by atoms with van der Waals surface area (Å²) >= 11 is 0. The Balaban J connectivity index is 1.81. The molecule has 0 saturated heterocycles.